The van der Waals surface area contributed by atoms with Gasteiger partial charge in [-0.05, 0) is 28.9 Å². The van der Waals surface area contributed by atoms with Crippen molar-refractivity contribution in [1.82, 2.24) is 10.2 Å². The first-order chi connectivity index (χ1) is 9.25. The highest BCUT2D eigenvalue weighted by molar-refractivity contribution is 7.80. The van der Waals surface area contributed by atoms with Crippen LogP contribution in [-0.2, 0) is 6.54 Å². The third kappa shape index (κ3) is 2.34. The second kappa shape index (κ2) is 5.02. The van der Waals surface area contributed by atoms with Crippen molar-refractivity contribution in [3.8, 4) is 0 Å². The van der Waals surface area contributed by atoms with Crippen LogP contribution in [0.5, 0.6) is 0 Å². The highest BCUT2D eigenvalue weighted by Gasteiger charge is 2.23. The van der Waals surface area contributed by atoms with E-state index >= 15 is 0 Å². The van der Waals surface area contributed by atoms with Gasteiger partial charge in [0.25, 0.3) is 0 Å². The lowest BCUT2D eigenvalue weighted by atomic mass is 9.95. The van der Waals surface area contributed by atoms with Crippen LogP contribution < -0.4 is 5.32 Å². The van der Waals surface area contributed by atoms with Crippen molar-refractivity contribution in [1.29, 1.82) is 0 Å². The molecule has 0 saturated carbocycles. The van der Waals surface area contributed by atoms with Crippen molar-refractivity contribution >= 4 is 17.3 Å². The molecule has 19 heavy (non-hydrogen) atoms. The van der Waals surface area contributed by atoms with Gasteiger partial charge in [0, 0.05) is 13.6 Å². The van der Waals surface area contributed by atoms with Gasteiger partial charge in [-0.3, -0.25) is 0 Å². The van der Waals surface area contributed by atoms with Gasteiger partial charge in [0.1, 0.15) is 0 Å². The Morgan fingerprint density at radius 1 is 1.05 bits per heavy atom. The third-order valence-corrected chi connectivity index (χ3v) is 3.95. The summed E-state index contributed by atoms with van der Waals surface area (Å²) < 4.78 is 0. The van der Waals surface area contributed by atoms with E-state index in [2.05, 4.69) is 58.7 Å². The van der Waals surface area contributed by atoms with E-state index < -0.39 is 0 Å². The molecule has 0 spiro atoms. The number of rotatable bonds is 1. The third-order valence-electron chi connectivity index (χ3n) is 3.52. The minimum absolute atomic E-state index is 0.134. The van der Waals surface area contributed by atoms with Gasteiger partial charge in [-0.1, -0.05) is 54.6 Å². The maximum atomic E-state index is 5.45. The number of fused-ring (bicyclic) bond motifs is 1. The predicted molar refractivity (Wildman–Crippen MR) is 81.9 cm³/mol. The summed E-state index contributed by atoms with van der Waals surface area (Å²) in [5.41, 5.74) is 3.87. The van der Waals surface area contributed by atoms with Crippen LogP contribution >= 0.6 is 12.2 Å². The highest BCUT2D eigenvalue weighted by Crippen LogP contribution is 2.28. The maximum Gasteiger partial charge on any atom is 0.169 e. The van der Waals surface area contributed by atoms with Crippen LogP contribution in [-0.4, -0.2) is 17.1 Å². The first kappa shape index (κ1) is 12.2. The molecule has 1 heterocycles. The molecule has 0 saturated heterocycles. The molecule has 1 N–H and O–H groups in total. The van der Waals surface area contributed by atoms with Gasteiger partial charge in [0.15, 0.2) is 5.11 Å². The molecule has 3 heteroatoms. The van der Waals surface area contributed by atoms with Crippen molar-refractivity contribution in [2.45, 2.75) is 12.6 Å². The maximum absolute atomic E-state index is 5.45. The SMILES string of the molecule is CN1Cc2ccccc2[C@H](c2ccccc2)NC1=S. The summed E-state index contributed by atoms with van der Waals surface area (Å²) in [6, 6.07) is 19.1. The molecule has 0 aromatic heterocycles. The molecule has 1 aliphatic heterocycles. The summed E-state index contributed by atoms with van der Waals surface area (Å²) in [6.45, 7) is 0.853. The van der Waals surface area contributed by atoms with Crippen molar-refractivity contribution in [2.75, 3.05) is 7.05 Å². The van der Waals surface area contributed by atoms with Gasteiger partial charge < -0.3 is 10.2 Å². The zero-order valence-electron chi connectivity index (χ0n) is 10.8. The molecule has 2 nitrogen and oxygen atoms in total. The summed E-state index contributed by atoms with van der Waals surface area (Å²) in [5, 5.41) is 4.25. The largest absolute Gasteiger partial charge is 0.352 e. The van der Waals surface area contributed by atoms with E-state index in [-0.39, 0.29) is 6.04 Å². The zero-order valence-corrected chi connectivity index (χ0v) is 11.7. The monoisotopic (exact) mass is 268 g/mol. The number of benzene rings is 2. The number of thiocarbonyl (C=S) groups is 1. The molecular weight excluding hydrogens is 252 g/mol. The van der Waals surface area contributed by atoms with Gasteiger partial charge in [-0.2, -0.15) is 0 Å². The molecule has 0 fully saturated rings. The van der Waals surface area contributed by atoms with Crippen molar-refractivity contribution < 1.29 is 0 Å². The topological polar surface area (TPSA) is 15.3 Å². The quantitative estimate of drug-likeness (QED) is 0.800. The van der Waals surface area contributed by atoms with Crippen molar-refractivity contribution in [2.24, 2.45) is 0 Å². The average molecular weight is 268 g/mol. The summed E-state index contributed by atoms with van der Waals surface area (Å²) in [4.78, 5) is 2.08. The summed E-state index contributed by atoms with van der Waals surface area (Å²) in [7, 11) is 2.03. The molecule has 3 rings (SSSR count). The Morgan fingerprint density at radius 3 is 2.53 bits per heavy atom. The van der Waals surface area contributed by atoms with E-state index in [1.54, 1.807) is 0 Å². The lowest BCUT2D eigenvalue weighted by Crippen LogP contribution is -2.36. The van der Waals surface area contributed by atoms with E-state index in [4.69, 9.17) is 12.2 Å². The predicted octanol–water partition coefficient (Wildman–Crippen LogP) is 3.10. The van der Waals surface area contributed by atoms with Crippen LogP contribution in [0.2, 0.25) is 0 Å². The Hall–Kier alpha value is -1.87. The van der Waals surface area contributed by atoms with Gasteiger partial charge in [-0.25, -0.2) is 0 Å². The standard InChI is InChI=1S/C16H16N2S/c1-18-11-13-9-5-6-10-14(13)15(17-16(18)19)12-7-3-2-4-8-12/h2-10,15H,11H2,1H3,(H,17,19)/t15-/m0/s1. The van der Waals surface area contributed by atoms with Gasteiger partial charge in [0.05, 0.1) is 6.04 Å². The average Bonchev–Trinajstić information content (AvgIpc) is 2.58. The molecule has 0 bridgehead atoms. The second-order valence-corrected chi connectivity index (χ2v) is 5.23. The van der Waals surface area contributed by atoms with Gasteiger partial charge in [-0.15, -0.1) is 0 Å². The normalized spacial score (nSPS) is 18.5. The van der Waals surface area contributed by atoms with Crippen LogP contribution in [0, 0.1) is 0 Å². The summed E-state index contributed by atoms with van der Waals surface area (Å²) >= 11 is 5.45. The van der Waals surface area contributed by atoms with Gasteiger partial charge in [0.2, 0.25) is 0 Å². The first-order valence-electron chi connectivity index (χ1n) is 6.40. The van der Waals surface area contributed by atoms with E-state index in [0.29, 0.717) is 0 Å². The van der Waals surface area contributed by atoms with Gasteiger partial charge >= 0.3 is 0 Å². The van der Waals surface area contributed by atoms with Crippen LogP contribution in [0.15, 0.2) is 54.6 Å². The fraction of sp³-hybridized carbons (Fsp3) is 0.188. The van der Waals surface area contributed by atoms with Crippen LogP contribution in [0.4, 0.5) is 0 Å². The van der Waals surface area contributed by atoms with Crippen LogP contribution in [0.3, 0.4) is 0 Å². The minimum Gasteiger partial charge on any atom is -0.352 e. The lowest BCUT2D eigenvalue weighted by Gasteiger charge is -2.21. The molecule has 0 amide bonds. The summed E-state index contributed by atoms with van der Waals surface area (Å²) in [6.07, 6.45) is 0. The molecule has 1 atom stereocenters. The Bertz CT molecular complexity index is 595. The molecule has 2 aromatic carbocycles. The Kier molecular flexibility index (Phi) is 3.22. The number of nitrogens with zero attached hydrogens (tertiary/aromatic N) is 1. The van der Waals surface area contributed by atoms with Crippen LogP contribution in [0.25, 0.3) is 0 Å². The Morgan fingerprint density at radius 2 is 1.74 bits per heavy atom. The number of nitrogens with one attached hydrogen (secondary N) is 1. The Labute approximate surface area is 119 Å². The highest BCUT2D eigenvalue weighted by atomic mass is 32.1. The molecule has 0 unspecified atom stereocenters. The molecule has 1 aliphatic rings. The first-order valence-corrected chi connectivity index (χ1v) is 6.81. The fourth-order valence-electron chi connectivity index (χ4n) is 2.51. The van der Waals surface area contributed by atoms with Crippen molar-refractivity contribution in [3.63, 3.8) is 0 Å². The molecule has 0 aliphatic carbocycles. The van der Waals surface area contributed by atoms with Crippen LogP contribution in [0.1, 0.15) is 22.7 Å². The minimum atomic E-state index is 0.134. The van der Waals surface area contributed by atoms with E-state index in [0.717, 1.165) is 11.7 Å². The Balaban J connectivity index is 2.10. The van der Waals surface area contributed by atoms with E-state index in [1.807, 2.05) is 13.1 Å². The molecule has 0 radical (unpaired) electrons. The number of hydrogen-bond donors (Lipinski definition) is 1. The number of hydrogen-bond acceptors (Lipinski definition) is 1. The summed E-state index contributed by atoms with van der Waals surface area (Å²) in [5.74, 6) is 0. The molecular formula is C16H16N2S. The fourth-order valence-corrected chi connectivity index (χ4v) is 2.69. The second-order valence-electron chi connectivity index (χ2n) is 4.85. The zero-order chi connectivity index (χ0) is 13.2. The molecule has 2 aromatic rings. The lowest BCUT2D eigenvalue weighted by molar-refractivity contribution is 0.498. The molecule has 96 valence electrons. The van der Waals surface area contributed by atoms with E-state index in [1.165, 1.54) is 16.7 Å². The van der Waals surface area contributed by atoms with E-state index in [9.17, 15) is 0 Å². The van der Waals surface area contributed by atoms with Crippen molar-refractivity contribution in [3.05, 3.63) is 71.3 Å². The smallest absolute Gasteiger partial charge is 0.169 e.